The van der Waals surface area contributed by atoms with E-state index < -0.39 is 17.7 Å². The van der Waals surface area contributed by atoms with Crippen LogP contribution in [0.2, 0.25) is 0 Å². The Kier molecular flexibility index (Phi) is 30.9. The van der Waals surface area contributed by atoms with Gasteiger partial charge in [0.2, 0.25) is 28.5 Å². The van der Waals surface area contributed by atoms with Gasteiger partial charge in [-0.25, -0.2) is 22.8 Å². The Morgan fingerprint density at radius 3 is 0.752 bits per heavy atom. The molecule has 0 aliphatic heterocycles. The minimum atomic E-state index is -0.430. The number of hydrogen-bond donors (Lipinski definition) is 0. The molecule has 137 heavy (non-hydrogen) atoms. The summed E-state index contributed by atoms with van der Waals surface area (Å²) in [7, 11) is 10.6. The first-order chi connectivity index (χ1) is 67.2. The van der Waals surface area contributed by atoms with E-state index in [2.05, 4.69) is 475 Å². The first kappa shape index (κ1) is 93.9. The molecule has 20 rings (SSSR count). The topological polar surface area (TPSA) is 19.4 Å². The van der Waals surface area contributed by atoms with Crippen molar-refractivity contribution in [3.8, 4) is 112 Å². The summed E-state index contributed by atoms with van der Waals surface area (Å²) in [5.74, 6) is 2.63. The molecule has 5 heteroatoms. The molecule has 0 saturated heterocycles. The molecular formula is C132H154N5+5. The minimum absolute atomic E-state index is 0.385. The van der Waals surface area contributed by atoms with Gasteiger partial charge < -0.3 is 0 Å². The quantitative estimate of drug-likeness (QED) is 0.0912. The van der Waals surface area contributed by atoms with Gasteiger partial charge in [0.1, 0.15) is 35.2 Å². The highest BCUT2D eigenvalue weighted by molar-refractivity contribution is 5.76. The van der Waals surface area contributed by atoms with Crippen LogP contribution in [0.3, 0.4) is 0 Å². The van der Waals surface area contributed by atoms with Gasteiger partial charge in [-0.05, 0) is 324 Å². The van der Waals surface area contributed by atoms with Crippen molar-refractivity contribution in [3.63, 3.8) is 0 Å². The molecule has 5 fully saturated rings. The van der Waals surface area contributed by atoms with E-state index in [1.807, 2.05) is 0 Å². The van der Waals surface area contributed by atoms with E-state index in [9.17, 15) is 0 Å². The van der Waals surface area contributed by atoms with Crippen LogP contribution in [0.15, 0.2) is 334 Å². The van der Waals surface area contributed by atoms with Gasteiger partial charge in [-0.1, -0.05) is 299 Å². The molecule has 0 amide bonds. The number of aryl methyl sites for hydroxylation is 10. The summed E-state index contributed by atoms with van der Waals surface area (Å²) in [4.78, 5) is 0. The molecule has 5 nitrogen and oxygen atoms in total. The highest BCUT2D eigenvalue weighted by atomic mass is 14.9. The van der Waals surface area contributed by atoms with Crippen molar-refractivity contribution in [2.45, 2.75) is 241 Å². The molecule has 702 valence electrons. The SMILES string of the molecule is Cc1ccccc1-c1cc(-c2ccc(C3CCC(C)(C)CC3)cc2)cc[n+]1C.Cc1ccccc1-c1cc(-c2cccc(C3CCC(C)CC3)c2)cc[n+]1C.[2H]C1(c2ccc(-c3cc[n+](C)c(-c4ccccc4C)c3)cc2)CCC(C)(C)CC1.[2H]C1(c2ccc(-c3cc[n+](C)c(-c4ccccc4C)c3)cc2)CCC(C)CC1.[2H]C1(c2cccc(-c3cc[n+](C)c(-c4ccccc4C)c3)c2)CCC(C)CC1. The van der Waals surface area contributed by atoms with E-state index in [0.29, 0.717) is 10.8 Å². The maximum absolute atomic E-state index is 9.05. The van der Waals surface area contributed by atoms with E-state index in [-0.39, 0.29) is 0 Å². The molecule has 5 aliphatic carbocycles. The van der Waals surface area contributed by atoms with Crippen molar-refractivity contribution < 1.29 is 26.9 Å². The third-order valence-corrected chi connectivity index (χ3v) is 31.4. The lowest BCUT2D eigenvalue weighted by Gasteiger charge is -2.34. The van der Waals surface area contributed by atoms with Crippen LogP contribution >= 0.6 is 0 Å². The average molecular weight is 1810 g/mol. The second-order valence-electron chi connectivity index (χ2n) is 42.9. The van der Waals surface area contributed by atoms with Crippen molar-refractivity contribution >= 4 is 0 Å². The van der Waals surface area contributed by atoms with Gasteiger partial charge in [-0.15, -0.1) is 0 Å². The van der Waals surface area contributed by atoms with Crippen molar-refractivity contribution in [1.29, 1.82) is 0 Å². The molecule has 0 radical (unpaired) electrons. The Hall–Kier alpha value is -12.1. The molecule has 10 aromatic carbocycles. The molecule has 15 aromatic rings. The zero-order valence-electron chi connectivity index (χ0n) is 88.5. The molecule has 5 aliphatic rings. The second-order valence-corrected chi connectivity index (χ2v) is 42.9. The van der Waals surface area contributed by atoms with E-state index in [4.69, 9.17) is 4.11 Å². The van der Waals surface area contributed by atoms with Gasteiger partial charge in [0, 0.05) is 92.6 Å². The number of hydrogen-bond acceptors (Lipinski definition) is 0. The van der Waals surface area contributed by atoms with Gasteiger partial charge in [-0.2, -0.15) is 0 Å². The predicted octanol–water partition coefficient (Wildman–Crippen LogP) is 33.0. The van der Waals surface area contributed by atoms with Crippen molar-refractivity contribution in [2.24, 2.45) is 63.8 Å². The smallest absolute Gasteiger partial charge is 0.201 e. The van der Waals surface area contributed by atoms with Crippen molar-refractivity contribution in [2.75, 3.05) is 0 Å². The molecule has 0 spiro atoms. The Morgan fingerprint density at radius 2 is 0.445 bits per heavy atom. The third kappa shape index (κ3) is 24.9. The fraction of sp³-hybridized carbons (Fsp3) is 0.356. The highest BCUT2D eigenvalue weighted by Crippen LogP contribution is 2.47. The number of benzene rings is 10. The molecule has 0 bridgehead atoms. The second kappa shape index (κ2) is 45.0. The van der Waals surface area contributed by atoms with E-state index in [0.717, 1.165) is 99.4 Å². The van der Waals surface area contributed by atoms with Gasteiger partial charge in [-0.3, -0.25) is 0 Å². The normalized spacial score (nSPS) is 20.2. The summed E-state index contributed by atoms with van der Waals surface area (Å²) in [6, 6.07) is 110. The van der Waals surface area contributed by atoms with Gasteiger partial charge in [0.05, 0.1) is 0 Å². The lowest BCUT2D eigenvalue weighted by Crippen LogP contribution is -2.30. The molecule has 0 atom stereocenters. The van der Waals surface area contributed by atoms with E-state index in [1.54, 1.807) is 0 Å². The summed E-state index contributed by atoms with van der Waals surface area (Å²) in [6.07, 6.45) is 34.2. The average Bonchev–Trinajstić information content (AvgIpc) is 0.799. The molecule has 5 heterocycles. The standard InChI is InChI=1S/2C27H32N.3C26H30N/c2*1-20-7-5-6-8-25(20)26-19-24(15-18-28(26)4)22-11-9-21(10-12-22)23-13-16-27(2,3)17-14-23;2*1-19-11-13-21(14-12-19)22-8-6-9-23(17-22)24-15-16-27(3)26(18-24)25-10-5-4-7-20(25)2;1-19-8-10-21(11-9-19)22-12-14-23(15-13-22)24-16-17-27(3)26(18-24)25-7-5-4-6-20(25)2/h2*5-12,15,18-19,23H,13-14,16-17H2,1-4H3;2*4-10,15-19,21H,11-14H2,1-3H3;4-7,12-19,21H,8-11H2,1-3H3/q5*+1/i23D;;21D;;21D. The lowest BCUT2D eigenvalue weighted by atomic mass is 9.71. The van der Waals surface area contributed by atoms with Gasteiger partial charge in [0.25, 0.3) is 0 Å². The Labute approximate surface area is 828 Å². The van der Waals surface area contributed by atoms with Crippen molar-refractivity contribution in [3.05, 3.63) is 390 Å². The lowest BCUT2D eigenvalue weighted by molar-refractivity contribution is -0.660. The Balaban J connectivity index is 0.000000126. The third-order valence-electron chi connectivity index (χ3n) is 31.4. The molecule has 0 N–H and O–H groups in total. The zero-order valence-corrected chi connectivity index (χ0v) is 85.5. The van der Waals surface area contributed by atoms with Crippen LogP contribution < -0.4 is 22.8 Å². The number of aromatic nitrogens is 5. The number of rotatable bonds is 15. The largest absolute Gasteiger partial charge is 0.213 e. The molecule has 5 aromatic heterocycles. The first-order valence-electron chi connectivity index (χ1n) is 53.1. The van der Waals surface area contributed by atoms with E-state index in [1.165, 1.54) is 226 Å². The molecular weight excluding hydrogens is 1660 g/mol. The van der Waals surface area contributed by atoms with E-state index >= 15 is 0 Å². The van der Waals surface area contributed by atoms with Crippen LogP contribution in [-0.2, 0) is 35.2 Å². The monoisotopic (exact) mass is 1810 g/mol. The van der Waals surface area contributed by atoms with Crippen LogP contribution in [0, 0.1) is 63.2 Å². The van der Waals surface area contributed by atoms with Crippen LogP contribution in [0.5, 0.6) is 0 Å². The fourth-order valence-electron chi connectivity index (χ4n) is 21.7. The zero-order chi connectivity index (χ0) is 98.6. The molecule has 0 unspecified atom stereocenters. The Bertz CT molecular complexity index is 6730. The predicted molar refractivity (Wildman–Crippen MR) is 577 cm³/mol. The first-order valence-corrected chi connectivity index (χ1v) is 51.6. The number of pyridine rings is 5. The minimum Gasteiger partial charge on any atom is -0.201 e. The maximum Gasteiger partial charge on any atom is 0.213 e. The molecule has 5 saturated carbocycles. The summed E-state index contributed by atoms with van der Waals surface area (Å²) in [5.41, 5.74) is 39.0. The number of nitrogens with zero attached hydrogens (tertiary/aromatic N) is 5. The van der Waals surface area contributed by atoms with Crippen LogP contribution in [0.1, 0.15) is 266 Å². The van der Waals surface area contributed by atoms with Gasteiger partial charge >= 0.3 is 0 Å². The van der Waals surface area contributed by atoms with Crippen LogP contribution in [-0.4, -0.2) is 0 Å². The van der Waals surface area contributed by atoms with Crippen LogP contribution in [0.25, 0.3) is 112 Å². The summed E-state index contributed by atoms with van der Waals surface area (Å²) >= 11 is 0. The van der Waals surface area contributed by atoms with Crippen LogP contribution in [0.4, 0.5) is 0 Å². The summed E-state index contributed by atoms with van der Waals surface area (Å²) in [6.45, 7) is 27.4. The Morgan fingerprint density at radius 1 is 0.212 bits per heavy atom. The maximum atomic E-state index is 9.05. The van der Waals surface area contributed by atoms with Gasteiger partial charge in [0.15, 0.2) is 31.0 Å². The summed E-state index contributed by atoms with van der Waals surface area (Å²) < 4.78 is 38.0. The summed E-state index contributed by atoms with van der Waals surface area (Å²) in [5, 5.41) is 0. The van der Waals surface area contributed by atoms with Crippen molar-refractivity contribution in [1.82, 2.24) is 0 Å². The highest BCUT2D eigenvalue weighted by Gasteiger charge is 2.32. The fourth-order valence-corrected chi connectivity index (χ4v) is 21.7.